The number of ether oxygens (including phenoxy) is 1. The SMILES string of the molecule is CCOc1ccc(Nc2ccc(-c3nc(C(Cl)(Cl)Cl)nc(C(Cl)(Cl)Cl)n3)c3c(O)c4c(c(O)c23)C4(C)C)cc1. The molecule has 0 unspecified atom stereocenters. The minimum atomic E-state index is -2.06. The Morgan fingerprint density at radius 3 is 1.85 bits per heavy atom. The number of aromatic nitrogens is 3. The molecule has 39 heavy (non-hydrogen) atoms. The largest absolute Gasteiger partial charge is 0.507 e. The van der Waals surface area contributed by atoms with Crippen molar-refractivity contribution in [3.05, 3.63) is 59.2 Å². The number of aromatic hydroxyl groups is 2. The molecular formula is C26H20Cl6N4O3. The van der Waals surface area contributed by atoms with Crippen LogP contribution in [0.3, 0.4) is 0 Å². The number of halogens is 6. The number of phenols is 2. The van der Waals surface area contributed by atoms with E-state index >= 15 is 0 Å². The molecule has 13 heteroatoms. The summed E-state index contributed by atoms with van der Waals surface area (Å²) in [6.45, 7) is 6.26. The average molecular weight is 649 g/mol. The van der Waals surface area contributed by atoms with Crippen LogP contribution in [0.25, 0.3) is 22.2 Å². The molecule has 0 aliphatic heterocycles. The van der Waals surface area contributed by atoms with Gasteiger partial charge in [0.15, 0.2) is 17.5 Å². The minimum Gasteiger partial charge on any atom is -0.507 e. The minimum absolute atomic E-state index is 0.00958. The van der Waals surface area contributed by atoms with Crippen molar-refractivity contribution in [2.45, 2.75) is 33.8 Å². The topological polar surface area (TPSA) is 100 Å². The number of alkyl halides is 6. The van der Waals surface area contributed by atoms with Gasteiger partial charge in [0.25, 0.3) is 0 Å². The zero-order chi connectivity index (χ0) is 28.5. The van der Waals surface area contributed by atoms with E-state index in [1.54, 1.807) is 12.1 Å². The smallest absolute Gasteiger partial charge is 0.250 e. The van der Waals surface area contributed by atoms with Gasteiger partial charge in [-0.3, -0.25) is 0 Å². The number of rotatable bonds is 5. The summed E-state index contributed by atoms with van der Waals surface area (Å²) in [7, 11) is 0. The molecule has 1 aliphatic rings. The van der Waals surface area contributed by atoms with Gasteiger partial charge < -0.3 is 20.3 Å². The zero-order valence-electron chi connectivity index (χ0n) is 20.6. The van der Waals surface area contributed by atoms with E-state index in [0.717, 1.165) is 11.4 Å². The monoisotopic (exact) mass is 646 g/mol. The molecule has 0 bridgehead atoms. The standard InChI is InChI=1S/C26H20Cl6N4O3/c1-4-39-12-7-5-11(6-8-12)33-14-10-9-13(15-16(14)20(38)18-17(19(15)37)24(18,2)3)21-34-22(25(27,28)29)36-23(35-21)26(30,31)32/h5-10,33,37-38H,4H2,1-3H3. The van der Waals surface area contributed by atoms with E-state index in [9.17, 15) is 10.2 Å². The lowest BCUT2D eigenvalue weighted by Crippen LogP contribution is -2.16. The third kappa shape index (κ3) is 5.09. The maximum atomic E-state index is 11.5. The van der Waals surface area contributed by atoms with Gasteiger partial charge in [-0.25, -0.2) is 15.0 Å². The molecule has 4 aromatic rings. The molecule has 5 rings (SSSR count). The number of benzene rings is 3. The first-order valence-electron chi connectivity index (χ1n) is 11.6. The van der Waals surface area contributed by atoms with E-state index in [-0.39, 0.29) is 34.4 Å². The van der Waals surface area contributed by atoms with Gasteiger partial charge >= 0.3 is 0 Å². The highest BCUT2D eigenvalue weighted by Gasteiger charge is 2.49. The Morgan fingerprint density at radius 2 is 1.33 bits per heavy atom. The van der Waals surface area contributed by atoms with Gasteiger partial charge in [-0.05, 0) is 43.3 Å². The van der Waals surface area contributed by atoms with Gasteiger partial charge in [0, 0.05) is 33.2 Å². The fourth-order valence-electron chi connectivity index (χ4n) is 4.64. The average Bonchev–Trinajstić information content (AvgIpc) is 3.44. The Kier molecular flexibility index (Phi) is 7.10. The molecule has 204 valence electrons. The van der Waals surface area contributed by atoms with E-state index in [0.29, 0.717) is 34.4 Å². The van der Waals surface area contributed by atoms with E-state index < -0.39 is 13.0 Å². The highest BCUT2D eigenvalue weighted by molar-refractivity contribution is 6.67. The van der Waals surface area contributed by atoms with Gasteiger partial charge in [0.2, 0.25) is 7.59 Å². The van der Waals surface area contributed by atoms with Gasteiger partial charge in [-0.1, -0.05) is 83.5 Å². The van der Waals surface area contributed by atoms with Crippen molar-refractivity contribution in [3.8, 4) is 28.6 Å². The van der Waals surface area contributed by atoms with Gasteiger partial charge in [0.05, 0.1) is 17.7 Å². The normalized spacial score (nSPS) is 14.3. The lowest BCUT2D eigenvalue weighted by atomic mass is 10.00. The Morgan fingerprint density at radius 1 is 0.795 bits per heavy atom. The quantitative estimate of drug-likeness (QED) is 0.147. The van der Waals surface area contributed by atoms with Crippen LogP contribution in [0.5, 0.6) is 17.2 Å². The third-order valence-electron chi connectivity index (χ3n) is 6.42. The summed E-state index contributed by atoms with van der Waals surface area (Å²) >= 11 is 36.4. The van der Waals surface area contributed by atoms with Crippen LogP contribution in [0.2, 0.25) is 0 Å². The summed E-state index contributed by atoms with van der Waals surface area (Å²) in [6, 6.07) is 10.7. The molecule has 0 atom stereocenters. The lowest BCUT2D eigenvalue weighted by molar-refractivity contribution is 0.340. The number of hydrogen-bond acceptors (Lipinski definition) is 7. The molecule has 0 radical (unpaired) electrons. The van der Waals surface area contributed by atoms with Crippen LogP contribution in [-0.2, 0) is 13.0 Å². The molecule has 3 aromatic carbocycles. The summed E-state index contributed by atoms with van der Waals surface area (Å²) in [4.78, 5) is 12.6. The van der Waals surface area contributed by atoms with Crippen molar-refractivity contribution in [1.29, 1.82) is 0 Å². The first kappa shape index (κ1) is 28.4. The molecule has 1 heterocycles. The molecule has 1 aliphatic carbocycles. The van der Waals surface area contributed by atoms with E-state index in [1.807, 2.05) is 45.0 Å². The van der Waals surface area contributed by atoms with Crippen LogP contribution in [0.4, 0.5) is 11.4 Å². The van der Waals surface area contributed by atoms with Crippen molar-refractivity contribution in [1.82, 2.24) is 15.0 Å². The number of fused-ring (bicyclic) bond motifs is 2. The van der Waals surface area contributed by atoms with Gasteiger partial charge in [0.1, 0.15) is 17.2 Å². The molecule has 3 N–H and O–H groups in total. The number of nitrogens with one attached hydrogen (secondary N) is 1. The second kappa shape index (κ2) is 9.75. The molecule has 1 aromatic heterocycles. The van der Waals surface area contributed by atoms with Crippen LogP contribution in [0, 0.1) is 0 Å². The van der Waals surface area contributed by atoms with Gasteiger partial charge in [-0.15, -0.1) is 0 Å². The highest BCUT2D eigenvalue weighted by Crippen LogP contribution is 2.63. The van der Waals surface area contributed by atoms with Gasteiger partial charge in [-0.2, -0.15) is 0 Å². The van der Waals surface area contributed by atoms with Crippen molar-refractivity contribution in [2.75, 3.05) is 11.9 Å². The molecular weight excluding hydrogens is 629 g/mol. The summed E-state index contributed by atoms with van der Waals surface area (Å²) in [5, 5.41) is 26.8. The van der Waals surface area contributed by atoms with Crippen LogP contribution >= 0.6 is 69.6 Å². The summed E-state index contributed by atoms with van der Waals surface area (Å²) in [5.41, 5.74) is 2.24. The van der Waals surface area contributed by atoms with E-state index in [2.05, 4.69) is 20.3 Å². The van der Waals surface area contributed by atoms with Crippen molar-refractivity contribution in [2.24, 2.45) is 0 Å². The zero-order valence-corrected chi connectivity index (χ0v) is 25.1. The molecule has 7 nitrogen and oxygen atoms in total. The van der Waals surface area contributed by atoms with Crippen molar-refractivity contribution in [3.63, 3.8) is 0 Å². The molecule has 0 spiro atoms. The molecule has 0 saturated carbocycles. The third-order valence-corrected chi connectivity index (χ3v) is 7.43. The Bertz CT molecular complexity index is 1580. The van der Waals surface area contributed by atoms with Crippen molar-refractivity contribution < 1.29 is 14.9 Å². The molecule has 0 fully saturated rings. The number of phenolic OH excluding ortho intramolecular Hbond substituents is 2. The Labute approximate surface area is 254 Å². The first-order valence-corrected chi connectivity index (χ1v) is 13.9. The highest BCUT2D eigenvalue weighted by atomic mass is 35.6. The van der Waals surface area contributed by atoms with Crippen LogP contribution in [0.15, 0.2) is 36.4 Å². The second-order valence-electron chi connectivity index (χ2n) is 9.37. The maximum absolute atomic E-state index is 11.5. The Hall–Kier alpha value is -2.13. The lowest BCUT2D eigenvalue weighted by Gasteiger charge is -2.18. The number of nitrogens with zero attached hydrogens (tertiary/aromatic N) is 3. The van der Waals surface area contributed by atoms with Crippen molar-refractivity contribution >= 4 is 91.8 Å². The first-order chi connectivity index (χ1) is 18.1. The fourth-order valence-corrected chi connectivity index (χ4v) is 5.15. The van der Waals surface area contributed by atoms with Crippen LogP contribution < -0.4 is 10.1 Å². The predicted molar refractivity (Wildman–Crippen MR) is 158 cm³/mol. The predicted octanol–water partition coefficient (Wildman–Crippen LogP) is 8.54. The number of hydrogen-bond donors (Lipinski definition) is 3. The fraction of sp³-hybridized carbons (Fsp3) is 0.269. The second-order valence-corrected chi connectivity index (χ2v) is 13.9. The molecule has 0 saturated heterocycles. The Balaban J connectivity index is 1.76. The maximum Gasteiger partial charge on any atom is 0.250 e. The van der Waals surface area contributed by atoms with E-state index in [1.165, 1.54) is 0 Å². The van der Waals surface area contributed by atoms with E-state index in [4.69, 9.17) is 74.3 Å². The van der Waals surface area contributed by atoms with Crippen LogP contribution in [-0.4, -0.2) is 31.8 Å². The summed E-state index contributed by atoms with van der Waals surface area (Å²) in [5.74, 6) is 0.103. The summed E-state index contributed by atoms with van der Waals surface area (Å²) < 4.78 is 1.39. The summed E-state index contributed by atoms with van der Waals surface area (Å²) in [6.07, 6.45) is 0. The molecule has 0 amide bonds. The van der Waals surface area contributed by atoms with Crippen LogP contribution in [0.1, 0.15) is 43.5 Å². The number of anilines is 2.